The molecule has 0 aliphatic carbocycles. The van der Waals surface area contributed by atoms with Crippen molar-refractivity contribution in [3.05, 3.63) is 28.2 Å². The maximum absolute atomic E-state index is 11.8. The number of nitrogens with one attached hydrogen (secondary N) is 1. The lowest BCUT2D eigenvalue weighted by molar-refractivity contribution is 0.0953. The minimum absolute atomic E-state index is 0.0482. The van der Waals surface area contributed by atoms with Crippen LogP contribution in [0.4, 0.5) is 0 Å². The fraction of sp³-hybridized carbons (Fsp3) is 0.500. The zero-order valence-electron chi connectivity index (χ0n) is 11.1. The smallest absolute Gasteiger partial charge is 0.251 e. The van der Waals surface area contributed by atoms with Crippen LogP contribution in [0.1, 0.15) is 37.6 Å². The Morgan fingerprint density at radius 3 is 2.72 bits per heavy atom. The molecule has 0 aliphatic rings. The molecule has 4 heteroatoms. The lowest BCUT2D eigenvalue weighted by Crippen LogP contribution is -2.23. The monoisotopic (exact) mass is 313 g/mol. The largest absolute Gasteiger partial charge is 0.492 e. The fourth-order valence-corrected chi connectivity index (χ4v) is 1.85. The molecule has 0 aromatic heterocycles. The van der Waals surface area contributed by atoms with Crippen molar-refractivity contribution in [2.24, 2.45) is 5.92 Å². The van der Waals surface area contributed by atoms with E-state index in [1.807, 2.05) is 13.0 Å². The Morgan fingerprint density at radius 2 is 2.17 bits per heavy atom. The number of hydrogen-bond donors (Lipinski definition) is 1. The Balaban J connectivity index is 2.69. The quantitative estimate of drug-likeness (QED) is 0.871. The van der Waals surface area contributed by atoms with E-state index in [-0.39, 0.29) is 5.91 Å². The van der Waals surface area contributed by atoms with Crippen LogP contribution in [0.5, 0.6) is 5.75 Å². The van der Waals surface area contributed by atoms with Gasteiger partial charge in [0, 0.05) is 12.1 Å². The van der Waals surface area contributed by atoms with E-state index in [0.29, 0.717) is 24.6 Å². The first kappa shape index (κ1) is 15.0. The predicted octanol–water partition coefficient (Wildman–Crippen LogP) is 3.62. The first-order valence-electron chi connectivity index (χ1n) is 6.25. The molecule has 0 heterocycles. The van der Waals surface area contributed by atoms with Crippen molar-refractivity contribution in [2.75, 3.05) is 13.2 Å². The van der Waals surface area contributed by atoms with Crippen molar-refractivity contribution in [3.8, 4) is 5.75 Å². The van der Waals surface area contributed by atoms with E-state index < -0.39 is 0 Å². The van der Waals surface area contributed by atoms with E-state index in [1.54, 1.807) is 12.1 Å². The zero-order valence-corrected chi connectivity index (χ0v) is 12.7. The Hall–Kier alpha value is -1.03. The molecule has 3 nitrogen and oxygen atoms in total. The molecule has 18 heavy (non-hydrogen) atoms. The number of amides is 1. The summed E-state index contributed by atoms with van der Waals surface area (Å²) in [6.07, 6.45) is 0.933. The van der Waals surface area contributed by atoms with Crippen LogP contribution < -0.4 is 10.1 Å². The molecule has 100 valence electrons. The minimum Gasteiger partial charge on any atom is -0.492 e. The molecule has 0 bridgehead atoms. The van der Waals surface area contributed by atoms with E-state index >= 15 is 0 Å². The number of ether oxygens (including phenoxy) is 1. The molecule has 0 saturated heterocycles. The molecule has 0 saturated carbocycles. The van der Waals surface area contributed by atoms with Crippen LogP contribution in [0.3, 0.4) is 0 Å². The van der Waals surface area contributed by atoms with Gasteiger partial charge in [-0.3, -0.25) is 4.79 Å². The number of hydrogen-bond acceptors (Lipinski definition) is 2. The van der Waals surface area contributed by atoms with Gasteiger partial charge >= 0.3 is 0 Å². The second kappa shape index (κ2) is 7.41. The van der Waals surface area contributed by atoms with Gasteiger partial charge in [-0.25, -0.2) is 0 Å². The van der Waals surface area contributed by atoms with Gasteiger partial charge in [-0.05, 0) is 46.5 Å². The van der Waals surface area contributed by atoms with E-state index in [4.69, 9.17) is 4.74 Å². The van der Waals surface area contributed by atoms with Crippen LogP contribution in [0, 0.1) is 5.92 Å². The summed E-state index contributed by atoms with van der Waals surface area (Å²) >= 11 is 3.43. The summed E-state index contributed by atoms with van der Waals surface area (Å²) in [5, 5.41) is 2.84. The van der Waals surface area contributed by atoms with E-state index in [1.165, 1.54) is 0 Å². The first-order valence-corrected chi connectivity index (χ1v) is 7.04. The number of halogens is 1. The van der Waals surface area contributed by atoms with Gasteiger partial charge in [0.1, 0.15) is 5.75 Å². The lowest BCUT2D eigenvalue weighted by Gasteiger charge is -2.11. The second-order valence-electron chi connectivity index (χ2n) is 4.61. The molecule has 0 spiro atoms. The summed E-state index contributed by atoms with van der Waals surface area (Å²) in [4.78, 5) is 11.8. The Kier molecular flexibility index (Phi) is 6.19. The molecule has 0 aliphatic heterocycles. The van der Waals surface area contributed by atoms with E-state index in [0.717, 1.165) is 16.6 Å². The SMILES string of the molecule is CCCNC(=O)c1ccc(OCC(C)C)c(Br)c1. The fourth-order valence-electron chi connectivity index (χ4n) is 1.36. The third kappa shape index (κ3) is 4.69. The number of benzene rings is 1. The highest BCUT2D eigenvalue weighted by Gasteiger charge is 2.09. The molecular weight excluding hydrogens is 294 g/mol. The Labute approximate surface area is 117 Å². The number of carbonyl (C=O) groups excluding carboxylic acids is 1. The van der Waals surface area contributed by atoms with Crippen LogP contribution in [-0.4, -0.2) is 19.1 Å². The van der Waals surface area contributed by atoms with Crippen molar-refractivity contribution in [2.45, 2.75) is 27.2 Å². The van der Waals surface area contributed by atoms with Crippen LogP contribution in [0.25, 0.3) is 0 Å². The topological polar surface area (TPSA) is 38.3 Å². The zero-order chi connectivity index (χ0) is 13.5. The number of rotatable bonds is 6. The highest BCUT2D eigenvalue weighted by atomic mass is 79.9. The molecule has 0 atom stereocenters. The standard InChI is InChI=1S/C14H20BrNO2/c1-4-7-16-14(17)11-5-6-13(12(15)8-11)18-9-10(2)3/h5-6,8,10H,4,7,9H2,1-3H3,(H,16,17). The number of carbonyl (C=O) groups is 1. The predicted molar refractivity (Wildman–Crippen MR) is 77.1 cm³/mol. The van der Waals surface area contributed by atoms with Gasteiger partial charge in [0.25, 0.3) is 5.91 Å². The van der Waals surface area contributed by atoms with Crippen LogP contribution >= 0.6 is 15.9 Å². The van der Waals surface area contributed by atoms with Crippen molar-refractivity contribution >= 4 is 21.8 Å². The normalized spacial score (nSPS) is 10.5. The van der Waals surface area contributed by atoms with Gasteiger partial charge in [-0.15, -0.1) is 0 Å². The van der Waals surface area contributed by atoms with E-state index in [9.17, 15) is 4.79 Å². The van der Waals surface area contributed by atoms with Gasteiger partial charge in [0.2, 0.25) is 0 Å². The summed E-state index contributed by atoms with van der Waals surface area (Å²) < 4.78 is 6.45. The van der Waals surface area contributed by atoms with Gasteiger partial charge in [0.05, 0.1) is 11.1 Å². The maximum Gasteiger partial charge on any atom is 0.251 e. The molecule has 0 fully saturated rings. The third-order valence-corrected chi connectivity index (χ3v) is 2.92. The Morgan fingerprint density at radius 1 is 1.44 bits per heavy atom. The summed E-state index contributed by atoms with van der Waals surface area (Å²) in [6.45, 7) is 7.59. The second-order valence-corrected chi connectivity index (χ2v) is 5.46. The molecule has 1 aromatic rings. The highest BCUT2D eigenvalue weighted by molar-refractivity contribution is 9.10. The average molecular weight is 314 g/mol. The minimum atomic E-state index is -0.0482. The van der Waals surface area contributed by atoms with E-state index in [2.05, 4.69) is 35.1 Å². The third-order valence-electron chi connectivity index (χ3n) is 2.30. The first-order chi connectivity index (χ1) is 8.54. The van der Waals surface area contributed by atoms with Crippen LogP contribution in [0.2, 0.25) is 0 Å². The van der Waals surface area contributed by atoms with Crippen molar-refractivity contribution < 1.29 is 9.53 Å². The molecule has 0 radical (unpaired) electrons. The summed E-state index contributed by atoms with van der Waals surface area (Å²) in [5.74, 6) is 1.20. The van der Waals surface area contributed by atoms with Gasteiger partial charge in [-0.1, -0.05) is 20.8 Å². The van der Waals surface area contributed by atoms with Crippen molar-refractivity contribution in [1.82, 2.24) is 5.32 Å². The summed E-state index contributed by atoms with van der Waals surface area (Å²) in [6, 6.07) is 5.40. The van der Waals surface area contributed by atoms with Crippen molar-refractivity contribution in [3.63, 3.8) is 0 Å². The van der Waals surface area contributed by atoms with Crippen LogP contribution in [-0.2, 0) is 0 Å². The average Bonchev–Trinajstić information content (AvgIpc) is 2.34. The molecule has 1 rings (SSSR count). The molecule has 1 amide bonds. The Bertz CT molecular complexity index is 405. The van der Waals surface area contributed by atoms with Gasteiger partial charge in [-0.2, -0.15) is 0 Å². The van der Waals surface area contributed by atoms with Crippen LogP contribution in [0.15, 0.2) is 22.7 Å². The molecule has 0 unspecified atom stereocenters. The van der Waals surface area contributed by atoms with Crippen molar-refractivity contribution in [1.29, 1.82) is 0 Å². The summed E-state index contributed by atoms with van der Waals surface area (Å²) in [7, 11) is 0. The molecule has 1 aromatic carbocycles. The molecular formula is C14H20BrNO2. The highest BCUT2D eigenvalue weighted by Crippen LogP contribution is 2.26. The van der Waals surface area contributed by atoms with Gasteiger partial charge in [0.15, 0.2) is 0 Å². The maximum atomic E-state index is 11.8. The van der Waals surface area contributed by atoms with Gasteiger partial charge < -0.3 is 10.1 Å². The molecule has 1 N–H and O–H groups in total. The summed E-state index contributed by atoms with van der Waals surface area (Å²) in [5.41, 5.74) is 0.646. The lowest BCUT2D eigenvalue weighted by atomic mass is 10.2.